The van der Waals surface area contributed by atoms with E-state index in [2.05, 4.69) is 10.6 Å². The number of carboxylic acids is 1. The number of hydrogen-bond acceptors (Lipinski definition) is 3. The predicted octanol–water partition coefficient (Wildman–Crippen LogP) is 2.64. The highest BCUT2D eigenvalue weighted by atomic mass is 16.5. The number of hydrogen-bond donors (Lipinski definition) is 3. The molecule has 0 bridgehead atoms. The van der Waals surface area contributed by atoms with Crippen molar-refractivity contribution in [2.75, 3.05) is 12.4 Å². The number of aliphatic carboxylic acids is 1. The van der Waals surface area contributed by atoms with Gasteiger partial charge in [0.25, 0.3) is 0 Å². The fraction of sp³-hybridized carbons (Fsp3) is 0.176. The second-order valence-electron chi connectivity index (χ2n) is 4.92. The smallest absolute Gasteiger partial charge is 0.319 e. The van der Waals surface area contributed by atoms with Crippen molar-refractivity contribution >= 4 is 17.7 Å². The number of nitrogens with one attached hydrogen (secondary N) is 2. The summed E-state index contributed by atoms with van der Waals surface area (Å²) in [5, 5.41) is 14.1. The van der Waals surface area contributed by atoms with Crippen LogP contribution in [0.5, 0.6) is 5.75 Å². The maximum Gasteiger partial charge on any atom is 0.319 e. The summed E-state index contributed by atoms with van der Waals surface area (Å²) in [4.78, 5) is 22.4. The molecule has 6 heteroatoms. The van der Waals surface area contributed by atoms with Crippen molar-refractivity contribution in [3.63, 3.8) is 0 Å². The van der Waals surface area contributed by atoms with Gasteiger partial charge in [0.05, 0.1) is 13.5 Å². The topological polar surface area (TPSA) is 87.7 Å². The van der Waals surface area contributed by atoms with E-state index >= 15 is 0 Å². The molecule has 0 radical (unpaired) electrons. The molecule has 2 aromatic carbocycles. The van der Waals surface area contributed by atoms with E-state index in [4.69, 9.17) is 9.84 Å². The molecule has 0 aliphatic carbocycles. The lowest BCUT2D eigenvalue weighted by Gasteiger charge is -2.09. The van der Waals surface area contributed by atoms with E-state index in [0.29, 0.717) is 17.8 Å². The van der Waals surface area contributed by atoms with Crippen molar-refractivity contribution < 1.29 is 19.4 Å². The number of urea groups is 1. The largest absolute Gasteiger partial charge is 0.497 e. The molecule has 0 heterocycles. The molecule has 2 aromatic rings. The highest BCUT2D eigenvalue weighted by Gasteiger charge is 2.04. The molecule has 6 nitrogen and oxygen atoms in total. The summed E-state index contributed by atoms with van der Waals surface area (Å²) in [6.45, 7) is 0.396. The van der Waals surface area contributed by atoms with E-state index in [1.807, 2.05) is 24.3 Å². The molecule has 120 valence electrons. The molecule has 2 rings (SSSR count). The standard InChI is InChI=1S/C17H18N2O4/c1-23-15-8-4-13(5-9-15)11-18-17(22)19-14-6-2-12(3-7-14)10-16(20)21/h2-9H,10-11H2,1H3,(H,20,21)(H2,18,19,22). The Balaban J connectivity index is 1.82. The number of anilines is 1. The fourth-order valence-corrected chi connectivity index (χ4v) is 1.98. The summed E-state index contributed by atoms with van der Waals surface area (Å²) >= 11 is 0. The number of amides is 2. The second-order valence-corrected chi connectivity index (χ2v) is 4.92. The molecule has 0 spiro atoms. The van der Waals surface area contributed by atoms with Gasteiger partial charge >= 0.3 is 12.0 Å². The maximum absolute atomic E-state index is 11.8. The van der Waals surface area contributed by atoms with Crippen LogP contribution in [0, 0.1) is 0 Å². The molecular formula is C17H18N2O4. The van der Waals surface area contributed by atoms with E-state index in [1.54, 1.807) is 31.4 Å². The Bertz CT molecular complexity index is 666. The minimum absolute atomic E-state index is 0.0378. The molecule has 2 amide bonds. The summed E-state index contributed by atoms with van der Waals surface area (Å²) < 4.78 is 5.07. The lowest BCUT2D eigenvalue weighted by Crippen LogP contribution is -2.28. The average molecular weight is 314 g/mol. The number of methoxy groups -OCH3 is 1. The van der Waals surface area contributed by atoms with Gasteiger partial charge in [0, 0.05) is 12.2 Å². The summed E-state index contributed by atoms with van der Waals surface area (Å²) in [6, 6.07) is 13.8. The maximum atomic E-state index is 11.8. The second kappa shape index (κ2) is 7.84. The molecule has 0 saturated carbocycles. The van der Waals surface area contributed by atoms with Crippen molar-refractivity contribution in [1.82, 2.24) is 5.32 Å². The van der Waals surface area contributed by atoms with E-state index in [-0.39, 0.29) is 12.5 Å². The zero-order valence-electron chi connectivity index (χ0n) is 12.7. The highest BCUT2D eigenvalue weighted by molar-refractivity contribution is 5.89. The zero-order chi connectivity index (χ0) is 16.7. The summed E-state index contributed by atoms with van der Waals surface area (Å²) in [5.41, 5.74) is 2.24. The lowest BCUT2D eigenvalue weighted by atomic mass is 10.1. The van der Waals surface area contributed by atoms with Crippen LogP contribution in [0.1, 0.15) is 11.1 Å². The third-order valence-electron chi connectivity index (χ3n) is 3.18. The van der Waals surface area contributed by atoms with E-state index in [1.165, 1.54) is 0 Å². The van der Waals surface area contributed by atoms with Gasteiger partial charge in [-0.05, 0) is 35.4 Å². The van der Waals surface area contributed by atoms with Crippen molar-refractivity contribution in [2.45, 2.75) is 13.0 Å². The lowest BCUT2D eigenvalue weighted by molar-refractivity contribution is -0.136. The van der Waals surface area contributed by atoms with Crippen molar-refractivity contribution in [3.8, 4) is 5.75 Å². The minimum Gasteiger partial charge on any atom is -0.497 e. The van der Waals surface area contributed by atoms with Crippen LogP contribution in [-0.2, 0) is 17.8 Å². The molecular weight excluding hydrogens is 296 g/mol. The number of ether oxygens (including phenoxy) is 1. The van der Waals surface area contributed by atoms with Gasteiger partial charge in [-0.1, -0.05) is 24.3 Å². The van der Waals surface area contributed by atoms with Gasteiger partial charge in [-0.15, -0.1) is 0 Å². The van der Waals surface area contributed by atoms with Crippen LogP contribution >= 0.6 is 0 Å². The first-order valence-electron chi connectivity index (χ1n) is 7.05. The Hall–Kier alpha value is -3.02. The van der Waals surface area contributed by atoms with Crippen LogP contribution in [0.3, 0.4) is 0 Å². The highest BCUT2D eigenvalue weighted by Crippen LogP contribution is 2.12. The van der Waals surface area contributed by atoms with Gasteiger partial charge < -0.3 is 20.5 Å². The number of carbonyl (C=O) groups excluding carboxylic acids is 1. The molecule has 0 aliphatic rings. The van der Waals surface area contributed by atoms with Gasteiger partial charge in [-0.2, -0.15) is 0 Å². The molecule has 0 unspecified atom stereocenters. The molecule has 0 aromatic heterocycles. The predicted molar refractivity (Wildman–Crippen MR) is 86.6 cm³/mol. The Kier molecular flexibility index (Phi) is 5.57. The van der Waals surface area contributed by atoms with Crippen molar-refractivity contribution in [1.29, 1.82) is 0 Å². The van der Waals surface area contributed by atoms with Crippen LogP contribution < -0.4 is 15.4 Å². The van der Waals surface area contributed by atoms with Gasteiger partial charge in [0.2, 0.25) is 0 Å². The Morgan fingerprint density at radius 1 is 1.00 bits per heavy atom. The van der Waals surface area contributed by atoms with Crippen LogP contribution in [0.4, 0.5) is 10.5 Å². The summed E-state index contributed by atoms with van der Waals surface area (Å²) in [6.07, 6.45) is -0.0378. The molecule has 3 N–H and O–H groups in total. The quantitative estimate of drug-likeness (QED) is 0.765. The normalized spacial score (nSPS) is 9.96. The molecule has 0 aliphatic heterocycles. The number of carboxylic acid groups (broad SMARTS) is 1. The van der Waals surface area contributed by atoms with Crippen molar-refractivity contribution in [3.05, 3.63) is 59.7 Å². The number of benzene rings is 2. The Labute approximate surface area is 134 Å². The van der Waals surface area contributed by atoms with E-state index in [0.717, 1.165) is 11.3 Å². The Morgan fingerprint density at radius 3 is 2.17 bits per heavy atom. The molecule has 0 saturated heterocycles. The van der Waals surface area contributed by atoms with Gasteiger partial charge in [0.1, 0.15) is 5.75 Å². The summed E-state index contributed by atoms with van der Waals surface area (Å²) in [7, 11) is 1.60. The van der Waals surface area contributed by atoms with Gasteiger partial charge in [-0.25, -0.2) is 4.79 Å². The van der Waals surface area contributed by atoms with Gasteiger partial charge in [0.15, 0.2) is 0 Å². The third kappa shape index (κ3) is 5.35. The first-order valence-corrected chi connectivity index (χ1v) is 7.05. The number of rotatable bonds is 6. The monoisotopic (exact) mass is 314 g/mol. The number of carbonyl (C=O) groups is 2. The molecule has 0 fully saturated rings. The van der Waals surface area contributed by atoms with Crippen LogP contribution in [-0.4, -0.2) is 24.2 Å². The van der Waals surface area contributed by atoms with Crippen molar-refractivity contribution in [2.24, 2.45) is 0 Å². The van der Waals surface area contributed by atoms with Gasteiger partial charge in [-0.3, -0.25) is 4.79 Å². The molecule has 0 atom stereocenters. The van der Waals surface area contributed by atoms with Crippen LogP contribution in [0.2, 0.25) is 0 Å². The van der Waals surface area contributed by atoms with E-state index < -0.39 is 5.97 Å². The minimum atomic E-state index is -0.886. The third-order valence-corrected chi connectivity index (χ3v) is 3.18. The average Bonchev–Trinajstić information content (AvgIpc) is 2.55. The first kappa shape index (κ1) is 16.4. The van der Waals surface area contributed by atoms with E-state index in [9.17, 15) is 9.59 Å². The first-order chi connectivity index (χ1) is 11.1. The van der Waals surface area contributed by atoms with Crippen LogP contribution in [0.25, 0.3) is 0 Å². The zero-order valence-corrected chi connectivity index (χ0v) is 12.7. The summed E-state index contributed by atoms with van der Waals surface area (Å²) in [5.74, 6) is -0.123. The Morgan fingerprint density at radius 2 is 1.61 bits per heavy atom. The SMILES string of the molecule is COc1ccc(CNC(=O)Nc2ccc(CC(=O)O)cc2)cc1. The molecule has 23 heavy (non-hydrogen) atoms. The van der Waals surface area contributed by atoms with Crippen LogP contribution in [0.15, 0.2) is 48.5 Å². The fourth-order valence-electron chi connectivity index (χ4n) is 1.98.